The lowest BCUT2D eigenvalue weighted by Crippen LogP contribution is -2.35. The van der Waals surface area contributed by atoms with Gasteiger partial charge in [-0.2, -0.15) is 0 Å². The first-order valence-electron chi connectivity index (χ1n) is 8.24. The van der Waals surface area contributed by atoms with Crippen LogP contribution in [0.15, 0.2) is 0 Å². The van der Waals surface area contributed by atoms with E-state index in [4.69, 9.17) is 4.74 Å². The lowest BCUT2D eigenvalue weighted by atomic mass is 9.67. The normalized spacial score (nSPS) is 40.7. The van der Waals surface area contributed by atoms with Gasteiger partial charge in [0.15, 0.2) is 0 Å². The second-order valence-electron chi connectivity index (χ2n) is 6.78. The van der Waals surface area contributed by atoms with E-state index in [1.807, 2.05) is 0 Å². The number of nitrogens with one attached hydrogen (secondary N) is 1. The summed E-state index contributed by atoms with van der Waals surface area (Å²) < 4.78 is 5.67. The van der Waals surface area contributed by atoms with Crippen molar-refractivity contribution >= 4 is 0 Å². The summed E-state index contributed by atoms with van der Waals surface area (Å²) in [5, 5.41) is 3.67. The van der Waals surface area contributed by atoms with E-state index in [1.54, 1.807) is 0 Å². The molecule has 1 saturated heterocycles. The molecule has 2 aliphatic carbocycles. The number of hydrogen-bond donors (Lipinski definition) is 1. The van der Waals surface area contributed by atoms with Crippen molar-refractivity contribution in [2.75, 3.05) is 19.7 Å². The van der Waals surface area contributed by atoms with E-state index in [9.17, 15) is 0 Å². The van der Waals surface area contributed by atoms with Gasteiger partial charge in [-0.05, 0) is 56.4 Å². The van der Waals surface area contributed by atoms with E-state index in [2.05, 4.69) is 5.32 Å². The molecule has 1 aliphatic heterocycles. The molecule has 3 rings (SSSR count). The molecule has 0 aromatic carbocycles. The molecule has 104 valence electrons. The van der Waals surface area contributed by atoms with Crippen LogP contribution in [0.1, 0.15) is 57.8 Å². The van der Waals surface area contributed by atoms with E-state index in [1.165, 1.54) is 64.3 Å². The first-order valence-corrected chi connectivity index (χ1v) is 8.24. The van der Waals surface area contributed by atoms with E-state index in [0.29, 0.717) is 6.10 Å². The molecule has 0 aromatic rings. The molecule has 3 aliphatic rings. The van der Waals surface area contributed by atoms with Crippen molar-refractivity contribution in [3.63, 3.8) is 0 Å². The number of fused-ring (bicyclic) bond motifs is 1. The third-order valence-corrected chi connectivity index (χ3v) is 5.48. The van der Waals surface area contributed by atoms with Crippen molar-refractivity contribution in [2.24, 2.45) is 17.8 Å². The van der Waals surface area contributed by atoms with Crippen LogP contribution in [0.2, 0.25) is 0 Å². The minimum absolute atomic E-state index is 0.510. The Bertz CT molecular complexity index is 249. The van der Waals surface area contributed by atoms with Crippen LogP contribution < -0.4 is 5.32 Å². The third kappa shape index (κ3) is 3.27. The lowest BCUT2D eigenvalue weighted by molar-refractivity contribution is 0.102. The van der Waals surface area contributed by atoms with Crippen molar-refractivity contribution in [3.8, 4) is 0 Å². The smallest absolute Gasteiger partial charge is 0.0700 e. The van der Waals surface area contributed by atoms with Crippen LogP contribution in [-0.4, -0.2) is 25.8 Å². The number of ether oxygens (including phenoxy) is 1. The molecule has 0 aromatic heterocycles. The van der Waals surface area contributed by atoms with Gasteiger partial charge >= 0.3 is 0 Å². The average Bonchev–Trinajstić information content (AvgIpc) is 2.92. The van der Waals surface area contributed by atoms with Crippen LogP contribution in [0.3, 0.4) is 0 Å². The van der Waals surface area contributed by atoms with Crippen LogP contribution in [0.5, 0.6) is 0 Å². The molecule has 0 bridgehead atoms. The number of hydrogen-bond acceptors (Lipinski definition) is 2. The summed E-state index contributed by atoms with van der Waals surface area (Å²) in [5.41, 5.74) is 0. The minimum atomic E-state index is 0.510. The molecule has 2 heteroatoms. The maximum atomic E-state index is 5.67. The van der Waals surface area contributed by atoms with Crippen LogP contribution in [0.4, 0.5) is 0 Å². The third-order valence-electron chi connectivity index (χ3n) is 5.48. The summed E-state index contributed by atoms with van der Waals surface area (Å²) >= 11 is 0. The molecule has 1 heterocycles. The van der Waals surface area contributed by atoms with Gasteiger partial charge in [0.25, 0.3) is 0 Å². The first-order chi connectivity index (χ1) is 8.92. The highest BCUT2D eigenvalue weighted by molar-refractivity contribution is 4.84. The number of rotatable bonds is 4. The van der Waals surface area contributed by atoms with Gasteiger partial charge in [-0.3, -0.25) is 0 Å². The molecular weight excluding hydrogens is 222 g/mol. The Kier molecular flexibility index (Phi) is 4.58. The summed E-state index contributed by atoms with van der Waals surface area (Å²) in [5.74, 6) is 3.11. The first kappa shape index (κ1) is 12.9. The summed E-state index contributed by atoms with van der Waals surface area (Å²) in [6.45, 7) is 3.31. The molecule has 18 heavy (non-hydrogen) atoms. The van der Waals surface area contributed by atoms with E-state index in [-0.39, 0.29) is 0 Å². The Morgan fingerprint density at radius 3 is 2.56 bits per heavy atom. The van der Waals surface area contributed by atoms with Gasteiger partial charge in [-0.1, -0.05) is 25.7 Å². The molecule has 2 saturated carbocycles. The predicted molar refractivity (Wildman–Crippen MR) is 74.6 cm³/mol. The summed E-state index contributed by atoms with van der Waals surface area (Å²) in [4.78, 5) is 0. The Hall–Kier alpha value is -0.0800. The maximum absolute atomic E-state index is 5.67. The average molecular weight is 251 g/mol. The Morgan fingerprint density at radius 2 is 1.72 bits per heavy atom. The van der Waals surface area contributed by atoms with Gasteiger partial charge in [0, 0.05) is 13.2 Å². The van der Waals surface area contributed by atoms with Gasteiger partial charge in [-0.15, -0.1) is 0 Å². The standard InChI is InChI=1S/C16H29NO/c1-2-5-15-10-13(7-8-14(15)4-1)11-17-12-16-6-3-9-18-16/h13-17H,1-12H2. The molecule has 3 fully saturated rings. The quantitative estimate of drug-likeness (QED) is 0.827. The molecule has 0 spiro atoms. The Labute approximate surface area is 112 Å². The Balaban J connectivity index is 1.35. The zero-order chi connectivity index (χ0) is 12.2. The molecule has 2 nitrogen and oxygen atoms in total. The van der Waals surface area contributed by atoms with Gasteiger partial charge in [0.1, 0.15) is 0 Å². The van der Waals surface area contributed by atoms with Crippen LogP contribution in [0.25, 0.3) is 0 Å². The van der Waals surface area contributed by atoms with Gasteiger partial charge in [0.2, 0.25) is 0 Å². The molecule has 0 amide bonds. The zero-order valence-corrected chi connectivity index (χ0v) is 11.7. The highest BCUT2D eigenvalue weighted by Crippen LogP contribution is 2.42. The van der Waals surface area contributed by atoms with Crippen LogP contribution in [-0.2, 0) is 4.74 Å². The molecule has 0 radical (unpaired) electrons. The highest BCUT2D eigenvalue weighted by atomic mass is 16.5. The van der Waals surface area contributed by atoms with E-state index < -0.39 is 0 Å². The largest absolute Gasteiger partial charge is 0.377 e. The minimum Gasteiger partial charge on any atom is -0.377 e. The highest BCUT2D eigenvalue weighted by Gasteiger charge is 2.31. The fourth-order valence-electron chi connectivity index (χ4n) is 4.41. The van der Waals surface area contributed by atoms with Crippen LogP contribution in [0, 0.1) is 17.8 Å². The summed E-state index contributed by atoms with van der Waals surface area (Å²) in [6, 6.07) is 0. The van der Waals surface area contributed by atoms with E-state index in [0.717, 1.165) is 30.9 Å². The predicted octanol–water partition coefficient (Wildman–Crippen LogP) is 3.36. The van der Waals surface area contributed by atoms with Gasteiger partial charge in [0.05, 0.1) is 6.10 Å². The van der Waals surface area contributed by atoms with Gasteiger partial charge in [-0.25, -0.2) is 0 Å². The van der Waals surface area contributed by atoms with Crippen LogP contribution >= 0.6 is 0 Å². The van der Waals surface area contributed by atoms with Crippen molar-refractivity contribution in [1.29, 1.82) is 0 Å². The molecule has 1 N–H and O–H groups in total. The van der Waals surface area contributed by atoms with Gasteiger partial charge < -0.3 is 10.1 Å². The van der Waals surface area contributed by atoms with Crippen molar-refractivity contribution < 1.29 is 4.74 Å². The van der Waals surface area contributed by atoms with Crippen molar-refractivity contribution in [2.45, 2.75) is 63.9 Å². The topological polar surface area (TPSA) is 21.3 Å². The fourth-order valence-corrected chi connectivity index (χ4v) is 4.41. The van der Waals surface area contributed by atoms with Crippen molar-refractivity contribution in [3.05, 3.63) is 0 Å². The second kappa shape index (κ2) is 6.38. The monoisotopic (exact) mass is 251 g/mol. The maximum Gasteiger partial charge on any atom is 0.0700 e. The fraction of sp³-hybridized carbons (Fsp3) is 1.00. The molecule has 4 atom stereocenters. The SMILES string of the molecule is C1COC(CNCC2CCC3CCCCC3C2)C1. The zero-order valence-electron chi connectivity index (χ0n) is 11.7. The lowest BCUT2D eigenvalue weighted by Gasteiger charge is -2.39. The summed E-state index contributed by atoms with van der Waals surface area (Å²) in [7, 11) is 0. The second-order valence-corrected chi connectivity index (χ2v) is 6.78. The molecular formula is C16H29NO. The molecule has 4 unspecified atom stereocenters. The van der Waals surface area contributed by atoms with E-state index >= 15 is 0 Å². The van der Waals surface area contributed by atoms with Crippen molar-refractivity contribution in [1.82, 2.24) is 5.32 Å². The Morgan fingerprint density at radius 1 is 0.833 bits per heavy atom. The summed E-state index contributed by atoms with van der Waals surface area (Å²) in [6.07, 6.45) is 13.6.